The molecule has 3 N–H and O–H groups in total. The number of hydrogen-bond acceptors (Lipinski definition) is 4. The van der Waals surface area contributed by atoms with Gasteiger partial charge in [0.25, 0.3) is 5.91 Å². The Labute approximate surface area is 147 Å². The average Bonchev–Trinajstić information content (AvgIpc) is 2.84. The van der Waals surface area contributed by atoms with Crippen molar-refractivity contribution < 1.29 is 14.8 Å². The normalized spacial score (nSPS) is 20.6. The highest BCUT2D eigenvalue weighted by molar-refractivity contribution is 5.93. The summed E-state index contributed by atoms with van der Waals surface area (Å²) in [7, 11) is 0. The third-order valence-electron chi connectivity index (χ3n) is 4.79. The van der Waals surface area contributed by atoms with Crippen molar-refractivity contribution in [1.82, 2.24) is 5.48 Å². The summed E-state index contributed by atoms with van der Waals surface area (Å²) in [5.41, 5.74) is 4.07. The van der Waals surface area contributed by atoms with Crippen molar-refractivity contribution in [3.63, 3.8) is 0 Å². The molecule has 1 amide bonds. The van der Waals surface area contributed by atoms with Crippen LogP contribution in [0.4, 0.5) is 5.69 Å². The van der Waals surface area contributed by atoms with Crippen LogP contribution < -0.4 is 10.8 Å². The molecule has 1 aliphatic carbocycles. The van der Waals surface area contributed by atoms with E-state index in [0.29, 0.717) is 17.9 Å². The van der Waals surface area contributed by atoms with Gasteiger partial charge in [0, 0.05) is 17.7 Å². The van der Waals surface area contributed by atoms with E-state index in [1.54, 1.807) is 29.7 Å². The van der Waals surface area contributed by atoms with E-state index in [1.807, 2.05) is 18.2 Å². The zero-order chi connectivity index (χ0) is 17.6. The Hall–Kier alpha value is -2.66. The first-order valence-electron chi connectivity index (χ1n) is 8.56. The van der Waals surface area contributed by atoms with E-state index in [4.69, 9.17) is 5.21 Å². The largest absolute Gasteiger partial charge is 0.375 e. The summed E-state index contributed by atoms with van der Waals surface area (Å²) in [4.78, 5) is 23.8. The fourth-order valence-electron chi connectivity index (χ4n) is 3.36. The summed E-state index contributed by atoms with van der Waals surface area (Å²) in [6.45, 7) is 0. The molecule has 0 saturated heterocycles. The van der Waals surface area contributed by atoms with Crippen LogP contribution in [0, 0.1) is 0 Å². The molecule has 5 heteroatoms. The Morgan fingerprint density at radius 3 is 2.36 bits per heavy atom. The van der Waals surface area contributed by atoms with E-state index >= 15 is 0 Å². The van der Waals surface area contributed by atoms with Crippen LogP contribution in [0.25, 0.3) is 0 Å². The fraction of sp³-hybridized carbons (Fsp3) is 0.300. The standard InChI is InChI=1S/C20H22N2O3/c23-19-13-9-15(14-4-2-1-3-5-14)8-12-18(19)21-17-10-6-16(7-11-17)20(24)22-25/h1-7,10-11,15,18,21,25H,8-9,12-13H2,(H,22,24). The Morgan fingerprint density at radius 1 is 0.960 bits per heavy atom. The van der Waals surface area contributed by atoms with E-state index in [9.17, 15) is 9.59 Å². The molecule has 0 aliphatic heterocycles. The molecule has 2 unspecified atom stereocenters. The number of nitrogens with one attached hydrogen (secondary N) is 2. The highest BCUT2D eigenvalue weighted by Gasteiger charge is 2.26. The molecule has 2 aromatic rings. The summed E-state index contributed by atoms with van der Waals surface area (Å²) in [6, 6.07) is 16.9. The minimum absolute atomic E-state index is 0.203. The molecule has 1 saturated carbocycles. The van der Waals surface area contributed by atoms with Gasteiger partial charge in [-0.2, -0.15) is 0 Å². The zero-order valence-corrected chi connectivity index (χ0v) is 13.9. The SMILES string of the molecule is O=C(NO)c1ccc(NC2CCC(c3ccccc3)CCC2=O)cc1. The molecule has 25 heavy (non-hydrogen) atoms. The number of hydrogen-bond donors (Lipinski definition) is 3. The van der Waals surface area contributed by atoms with Crippen LogP contribution in [0.1, 0.15) is 47.5 Å². The Kier molecular flexibility index (Phi) is 5.46. The van der Waals surface area contributed by atoms with Crippen LogP contribution in [-0.2, 0) is 4.79 Å². The summed E-state index contributed by atoms with van der Waals surface area (Å²) >= 11 is 0. The second kappa shape index (κ2) is 7.94. The first kappa shape index (κ1) is 17.2. The van der Waals surface area contributed by atoms with Crippen molar-refractivity contribution in [1.29, 1.82) is 0 Å². The molecule has 0 bridgehead atoms. The molecule has 2 atom stereocenters. The van der Waals surface area contributed by atoms with E-state index in [1.165, 1.54) is 5.56 Å². The molecule has 130 valence electrons. The van der Waals surface area contributed by atoms with Crippen LogP contribution >= 0.6 is 0 Å². The van der Waals surface area contributed by atoms with E-state index in [-0.39, 0.29) is 11.8 Å². The summed E-state index contributed by atoms with van der Waals surface area (Å²) in [6.07, 6.45) is 3.22. The van der Waals surface area contributed by atoms with E-state index < -0.39 is 5.91 Å². The highest BCUT2D eigenvalue weighted by Crippen LogP contribution is 2.31. The highest BCUT2D eigenvalue weighted by atomic mass is 16.5. The van der Waals surface area contributed by atoms with Crippen molar-refractivity contribution >= 4 is 17.4 Å². The summed E-state index contributed by atoms with van der Waals surface area (Å²) < 4.78 is 0. The number of hydroxylamine groups is 1. The number of amides is 1. The molecule has 5 nitrogen and oxygen atoms in total. The first-order chi connectivity index (χ1) is 12.2. The quantitative estimate of drug-likeness (QED) is 0.453. The van der Waals surface area contributed by atoms with Gasteiger partial charge in [-0.3, -0.25) is 14.8 Å². The molecule has 1 aliphatic rings. The smallest absolute Gasteiger partial charge is 0.274 e. The minimum Gasteiger partial charge on any atom is -0.375 e. The predicted octanol–water partition coefficient (Wildman–Crippen LogP) is 3.51. The lowest BCUT2D eigenvalue weighted by atomic mass is 9.92. The van der Waals surface area contributed by atoms with Crippen molar-refractivity contribution in [2.45, 2.75) is 37.6 Å². The zero-order valence-electron chi connectivity index (χ0n) is 13.9. The molecular weight excluding hydrogens is 316 g/mol. The van der Waals surface area contributed by atoms with Crippen LogP contribution in [0.5, 0.6) is 0 Å². The van der Waals surface area contributed by atoms with Gasteiger partial charge in [-0.15, -0.1) is 0 Å². The lowest BCUT2D eigenvalue weighted by Crippen LogP contribution is -2.28. The van der Waals surface area contributed by atoms with Crippen LogP contribution in [0.3, 0.4) is 0 Å². The molecule has 1 fully saturated rings. The maximum atomic E-state index is 12.5. The third-order valence-corrected chi connectivity index (χ3v) is 4.79. The molecule has 0 spiro atoms. The number of anilines is 1. The molecule has 3 rings (SSSR count). The Morgan fingerprint density at radius 2 is 1.68 bits per heavy atom. The van der Waals surface area contributed by atoms with Gasteiger partial charge < -0.3 is 5.32 Å². The van der Waals surface area contributed by atoms with Crippen LogP contribution in [0.15, 0.2) is 54.6 Å². The number of carbonyl (C=O) groups excluding carboxylic acids is 2. The van der Waals surface area contributed by atoms with Gasteiger partial charge in [-0.1, -0.05) is 30.3 Å². The Bertz CT molecular complexity index is 728. The lowest BCUT2D eigenvalue weighted by Gasteiger charge is -2.17. The van der Waals surface area contributed by atoms with Gasteiger partial charge in [0.05, 0.1) is 6.04 Å². The summed E-state index contributed by atoms with van der Waals surface area (Å²) in [5.74, 6) is 0.103. The second-order valence-corrected chi connectivity index (χ2v) is 6.41. The number of benzene rings is 2. The predicted molar refractivity (Wildman–Crippen MR) is 95.8 cm³/mol. The van der Waals surface area contributed by atoms with Gasteiger partial charge in [-0.05, 0) is 55.0 Å². The average molecular weight is 338 g/mol. The van der Waals surface area contributed by atoms with Gasteiger partial charge in [0.2, 0.25) is 0 Å². The number of Topliss-reactive ketones (excluding diaryl/α,β-unsaturated/α-hetero) is 1. The van der Waals surface area contributed by atoms with Crippen molar-refractivity contribution in [2.24, 2.45) is 0 Å². The molecular formula is C20H22N2O3. The number of rotatable bonds is 4. The van der Waals surface area contributed by atoms with E-state index in [0.717, 1.165) is 24.9 Å². The van der Waals surface area contributed by atoms with Crippen molar-refractivity contribution in [2.75, 3.05) is 5.32 Å². The fourth-order valence-corrected chi connectivity index (χ4v) is 3.36. The second-order valence-electron chi connectivity index (χ2n) is 6.41. The minimum atomic E-state index is -0.553. The topological polar surface area (TPSA) is 78.4 Å². The third kappa shape index (κ3) is 4.25. The molecule has 0 aromatic heterocycles. The first-order valence-corrected chi connectivity index (χ1v) is 8.56. The van der Waals surface area contributed by atoms with Gasteiger partial charge >= 0.3 is 0 Å². The van der Waals surface area contributed by atoms with Crippen molar-refractivity contribution in [3.05, 3.63) is 65.7 Å². The maximum Gasteiger partial charge on any atom is 0.274 e. The van der Waals surface area contributed by atoms with Crippen molar-refractivity contribution in [3.8, 4) is 0 Å². The van der Waals surface area contributed by atoms with Crippen LogP contribution in [0.2, 0.25) is 0 Å². The molecule has 0 heterocycles. The lowest BCUT2D eigenvalue weighted by molar-refractivity contribution is -0.119. The van der Waals surface area contributed by atoms with Gasteiger partial charge in [0.15, 0.2) is 5.78 Å². The van der Waals surface area contributed by atoms with Gasteiger partial charge in [-0.25, -0.2) is 5.48 Å². The number of carbonyl (C=O) groups is 2. The maximum absolute atomic E-state index is 12.5. The molecule has 0 radical (unpaired) electrons. The number of ketones is 1. The monoisotopic (exact) mass is 338 g/mol. The summed E-state index contributed by atoms with van der Waals surface area (Å²) in [5, 5.41) is 11.9. The van der Waals surface area contributed by atoms with Crippen LogP contribution in [-0.4, -0.2) is 22.9 Å². The van der Waals surface area contributed by atoms with Gasteiger partial charge in [0.1, 0.15) is 0 Å². The van der Waals surface area contributed by atoms with E-state index in [2.05, 4.69) is 17.4 Å². The Balaban J connectivity index is 1.64. The molecule has 2 aromatic carbocycles.